The average molecular weight is 807 g/mol. The van der Waals surface area contributed by atoms with Crippen LogP contribution in [-0.4, -0.2) is 87.3 Å². The van der Waals surface area contributed by atoms with Crippen LogP contribution in [0.4, 0.5) is 0 Å². The molecule has 0 saturated carbocycles. The number of carbonyl (C=O) groups excluding carboxylic acids is 1. The molecule has 0 radical (unpaired) electrons. The van der Waals surface area contributed by atoms with Crippen LogP contribution in [0.5, 0.6) is 11.5 Å². The molecule has 0 atom stereocenters. The minimum absolute atomic E-state index is 0.0239. The number of benzene rings is 1. The fourth-order valence-electron chi connectivity index (χ4n) is 5.92. The minimum Gasteiger partial charge on any atom is -0.494 e. The molecule has 0 unspecified atom stereocenters. The Morgan fingerprint density at radius 3 is 1.44 bits per heavy atom. The van der Waals surface area contributed by atoms with Crippen LogP contribution in [0.1, 0.15) is 161 Å². The van der Waals surface area contributed by atoms with Crippen LogP contribution < -0.4 is 9.47 Å². The van der Waals surface area contributed by atoms with Crippen LogP contribution in [0.15, 0.2) is 36.9 Å². The predicted octanol–water partition coefficient (Wildman–Crippen LogP) is 11.7. The van der Waals surface area contributed by atoms with E-state index >= 15 is 0 Å². The summed E-state index contributed by atoms with van der Waals surface area (Å²) in [5.41, 5.74) is -1.55. The lowest BCUT2D eigenvalue weighted by Crippen LogP contribution is -2.43. The maximum absolute atomic E-state index is 11.6. The molecule has 0 fully saturated rings. The smallest absolute Gasteiger partial charge is 0.330 e. The molecule has 0 N–H and O–H groups in total. The van der Waals surface area contributed by atoms with E-state index < -0.39 is 11.6 Å². The minimum atomic E-state index is -0.598. The zero-order chi connectivity index (χ0) is 43.4. The number of esters is 1. The first-order chi connectivity index (χ1) is 26.3. The molecule has 57 heavy (non-hydrogen) atoms. The van der Waals surface area contributed by atoms with Crippen LogP contribution in [0.25, 0.3) is 0 Å². The zero-order valence-corrected chi connectivity index (χ0v) is 39.3. The van der Waals surface area contributed by atoms with E-state index in [9.17, 15) is 4.79 Å². The Labute approximate surface area is 349 Å². The monoisotopic (exact) mass is 807 g/mol. The van der Waals surface area contributed by atoms with Crippen molar-refractivity contribution < 1.29 is 42.7 Å². The van der Waals surface area contributed by atoms with Crippen molar-refractivity contribution in [1.82, 2.24) is 0 Å². The SMILES string of the molecule is C=CC(=O)OC(C)(C)CCOC(C)(C)C(C)(C)CCCCOCCCOc1ccc(OCCC(C)(C)OCCCCC(C)(C)C(C)(C)OCCC(C)(C)OC)cc1. The third-order valence-electron chi connectivity index (χ3n) is 12.2. The van der Waals surface area contributed by atoms with Crippen LogP contribution in [0.3, 0.4) is 0 Å². The number of methoxy groups -OCH3 is 1. The van der Waals surface area contributed by atoms with Gasteiger partial charge in [-0.15, -0.1) is 0 Å². The second-order valence-electron chi connectivity index (χ2n) is 19.7. The van der Waals surface area contributed by atoms with E-state index in [0.29, 0.717) is 39.5 Å². The first kappa shape index (κ1) is 52.8. The van der Waals surface area contributed by atoms with Gasteiger partial charge in [0.15, 0.2) is 0 Å². The van der Waals surface area contributed by atoms with Gasteiger partial charge in [-0.1, -0.05) is 47.1 Å². The molecular weight excluding hydrogens is 721 g/mol. The molecule has 0 aliphatic rings. The van der Waals surface area contributed by atoms with Crippen molar-refractivity contribution in [2.24, 2.45) is 10.8 Å². The van der Waals surface area contributed by atoms with Crippen molar-refractivity contribution in [2.45, 2.75) is 189 Å². The number of hydrogen-bond donors (Lipinski definition) is 0. The molecule has 0 bridgehead atoms. The summed E-state index contributed by atoms with van der Waals surface area (Å²) in [6.07, 6.45) is 10.6. The maximum Gasteiger partial charge on any atom is 0.330 e. The van der Waals surface area contributed by atoms with Gasteiger partial charge in [-0.3, -0.25) is 0 Å². The fourth-order valence-corrected chi connectivity index (χ4v) is 5.92. The van der Waals surface area contributed by atoms with Crippen molar-refractivity contribution >= 4 is 5.97 Å². The van der Waals surface area contributed by atoms with Gasteiger partial charge in [-0.2, -0.15) is 0 Å². The number of ether oxygens (including phenoxy) is 8. The van der Waals surface area contributed by atoms with E-state index in [2.05, 4.69) is 89.7 Å². The Morgan fingerprint density at radius 2 is 0.947 bits per heavy atom. The van der Waals surface area contributed by atoms with Gasteiger partial charge >= 0.3 is 5.97 Å². The van der Waals surface area contributed by atoms with Crippen molar-refractivity contribution in [3.05, 3.63) is 36.9 Å². The Kier molecular flexibility index (Phi) is 22.4. The molecule has 1 rings (SSSR count). The van der Waals surface area contributed by atoms with Gasteiger partial charge in [0.05, 0.1) is 48.8 Å². The van der Waals surface area contributed by atoms with E-state index in [0.717, 1.165) is 82.5 Å². The van der Waals surface area contributed by atoms with Crippen LogP contribution in [0.2, 0.25) is 0 Å². The lowest BCUT2D eigenvalue weighted by atomic mass is 9.73. The van der Waals surface area contributed by atoms with E-state index in [-0.39, 0.29) is 33.2 Å². The number of hydrogen-bond acceptors (Lipinski definition) is 9. The number of carbonyl (C=O) groups is 1. The van der Waals surface area contributed by atoms with E-state index in [4.69, 9.17) is 37.9 Å². The highest BCUT2D eigenvalue weighted by atomic mass is 16.6. The van der Waals surface area contributed by atoms with E-state index in [1.54, 1.807) is 7.11 Å². The molecule has 0 aliphatic heterocycles. The van der Waals surface area contributed by atoms with Gasteiger partial charge in [0.1, 0.15) is 17.1 Å². The maximum atomic E-state index is 11.6. The molecule has 0 aromatic heterocycles. The Bertz CT molecular complexity index is 1260. The van der Waals surface area contributed by atoms with E-state index in [1.807, 2.05) is 38.1 Å². The molecule has 0 heterocycles. The third-order valence-corrected chi connectivity index (χ3v) is 12.2. The predicted molar refractivity (Wildman–Crippen MR) is 234 cm³/mol. The molecule has 0 spiro atoms. The molecule has 0 saturated heterocycles. The molecule has 9 nitrogen and oxygen atoms in total. The second-order valence-corrected chi connectivity index (χ2v) is 19.7. The standard InChI is InChI=1S/C48H86O9/c1-17-41(49)57-46(10,11)31-38-56-48(14,15)42(2,3)27-18-20-32-51-33-22-34-52-39-23-25-40(26-24-39)53-36-29-45(8,9)54-35-21-19-28-43(4,5)47(12,13)55-37-30-44(6,7)50-16/h17,23-26H,1,18-22,27-38H2,2-16H3. The number of rotatable bonds is 33. The third kappa shape index (κ3) is 21.6. The highest BCUT2D eigenvalue weighted by Crippen LogP contribution is 2.40. The lowest BCUT2D eigenvalue weighted by molar-refractivity contribution is -0.155. The fraction of sp³-hybridized carbons (Fsp3) is 0.812. The summed E-state index contributed by atoms with van der Waals surface area (Å²) in [7, 11) is 1.76. The van der Waals surface area contributed by atoms with Crippen LogP contribution in [-0.2, 0) is 33.2 Å². The van der Waals surface area contributed by atoms with Crippen LogP contribution >= 0.6 is 0 Å². The molecule has 1 aromatic carbocycles. The summed E-state index contributed by atoms with van der Waals surface area (Å²) in [5.74, 6) is 1.24. The molecule has 332 valence electrons. The average Bonchev–Trinajstić information content (AvgIpc) is 3.10. The molecule has 9 heteroatoms. The summed E-state index contributed by atoms with van der Waals surface area (Å²) < 4.78 is 47.8. The first-order valence-corrected chi connectivity index (χ1v) is 21.6. The summed E-state index contributed by atoms with van der Waals surface area (Å²) >= 11 is 0. The second kappa shape index (κ2) is 24.2. The van der Waals surface area contributed by atoms with Crippen molar-refractivity contribution in [2.75, 3.05) is 53.4 Å². The Morgan fingerprint density at radius 1 is 0.509 bits per heavy atom. The first-order valence-electron chi connectivity index (χ1n) is 21.6. The zero-order valence-electron chi connectivity index (χ0n) is 39.3. The molecule has 1 aromatic rings. The highest BCUT2D eigenvalue weighted by molar-refractivity contribution is 5.81. The van der Waals surface area contributed by atoms with Gasteiger partial charge in [0, 0.05) is 52.3 Å². The molecule has 0 amide bonds. The Hall–Kier alpha value is -2.17. The largest absolute Gasteiger partial charge is 0.494 e. The topological polar surface area (TPSA) is 90.9 Å². The van der Waals surface area contributed by atoms with Gasteiger partial charge in [0.2, 0.25) is 0 Å². The van der Waals surface area contributed by atoms with Gasteiger partial charge in [-0.25, -0.2) is 4.79 Å². The summed E-state index contributed by atoms with van der Waals surface area (Å²) in [6.45, 7) is 38.0. The number of unbranched alkanes of at least 4 members (excludes halogenated alkanes) is 2. The highest BCUT2D eigenvalue weighted by Gasteiger charge is 2.39. The van der Waals surface area contributed by atoms with E-state index in [1.165, 1.54) is 6.08 Å². The lowest BCUT2D eigenvalue weighted by Gasteiger charge is -2.42. The summed E-state index contributed by atoms with van der Waals surface area (Å²) in [4.78, 5) is 11.6. The van der Waals surface area contributed by atoms with Crippen molar-refractivity contribution in [3.63, 3.8) is 0 Å². The summed E-state index contributed by atoms with van der Waals surface area (Å²) in [5, 5.41) is 0. The normalized spacial score (nSPS) is 13.5. The van der Waals surface area contributed by atoms with Gasteiger partial charge in [-0.05, 0) is 136 Å². The molecule has 0 aliphatic carbocycles. The van der Waals surface area contributed by atoms with Gasteiger partial charge in [0.25, 0.3) is 0 Å². The van der Waals surface area contributed by atoms with Crippen molar-refractivity contribution in [3.8, 4) is 11.5 Å². The van der Waals surface area contributed by atoms with Gasteiger partial charge < -0.3 is 37.9 Å². The van der Waals surface area contributed by atoms with Crippen LogP contribution in [0, 0.1) is 10.8 Å². The molecular formula is C48H86O9. The van der Waals surface area contributed by atoms with Crippen molar-refractivity contribution in [1.29, 1.82) is 0 Å². The summed E-state index contributed by atoms with van der Waals surface area (Å²) in [6, 6.07) is 7.83. The Balaban J connectivity index is 2.22. The quantitative estimate of drug-likeness (QED) is 0.0391.